The van der Waals surface area contributed by atoms with Crippen LogP contribution >= 0.6 is 22.9 Å². The summed E-state index contributed by atoms with van der Waals surface area (Å²) in [6, 6.07) is 3.16. The van der Waals surface area contributed by atoms with Crippen molar-refractivity contribution in [2.24, 2.45) is 16.3 Å². The van der Waals surface area contributed by atoms with Gasteiger partial charge >= 0.3 is 0 Å². The number of nitrogens with zero attached hydrogens (tertiary/aromatic N) is 1. The van der Waals surface area contributed by atoms with Crippen molar-refractivity contribution in [1.82, 2.24) is 10.0 Å². The quantitative estimate of drug-likeness (QED) is 0.834. The maximum atomic E-state index is 12.9. The summed E-state index contributed by atoms with van der Waals surface area (Å²) in [6.07, 6.45) is 6.49. The average Bonchev–Trinajstić information content (AvgIpc) is 3.21. The molecule has 2 fully saturated rings. The summed E-state index contributed by atoms with van der Waals surface area (Å²) in [5.74, 6) is 1.42. The zero-order chi connectivity index (χ0) is 16.8. The number of amidine groups is 1. The Balaban J connectivity index is 1.69. The van der Waals surface area contributed by atoms with E-state index < -0.39 is 10.0 Å². The van der Waals surface area contributed by atoms with Crippen molar-refractivity contribution in [3.63, 3.8) is 0 Å². The van der Waals surface area contributed by atoms with Gasteiger partial charge in [0.2, 0.25) is 10.0 Å². The number of nitrogens with one attached hydrogen (secondary N) is 2. The van der Waals surface area contributed by atoms with E-state index in [1.165, 1.54) is 6.42 Å². The summed E-state index contributed by atoms with van der Waals surface area (Å²) in [4.78, 5) is 4.68. The van der Waals surface area contributed by atoms with Crippen LogP contribution in [0.5, 0.6) is 0 Å². The van der Waals surface area contributed by atoms with Crippen molar-refractivity contribution < 1.29 is 8.42 Å². The van der Waals surface area contributed by atoms with Crippen LogP contribution in [0.25, 0.3) is 0 Å². The molecule has 1 aliphatic heterocycles. The van der Waals surface area contributed by atoms with Gasteiger partial charge in [0.25, 0.3) is 0 Å². The largest absolute Gasteiger partial charge is 0.371 e. The normalized spacial score (nSPS) is 33.1. The van der Waals surface area contributed by atoms with Gasteiger partial charge in [-0.3, -0.25) is 4.99 Å². The first-order chi connectivity index (χ1) is 11.5. The number of aliphatic imine (C=N–C) groups is 1. The van der Waals surface area contributed by atoms with Gasteiger partial charge in [0, 0.05) is 18.0 Å². The molecule has 3 aliphatic rings. The molecule has 1 aromatic heterocycles. The molecule has 2 saturated carbocycles. The first-order valence-electron chi connectivity index (χ1n) is 8.58. The molecule has 2 aliphatic carbocycles. The second-order valence-electron chi connectivity index (χ2n) is 7.02. The molecular formula is C16H22ClN3O2S2. The van der Waals surface area contributed by atoms with Gasteiger partial charge < -0.3 is 5.32 Å². The summed E-state index contributed by atoms with van der Waals surface area (Å²) in [5, 5.41) is 3.43. The Morgan fingerprint density at radius 2 is 2.17 bits per heavy atom. The minimum atomic E-state index is -3.55. The Morgan fingerprint density at radius 3 is 2.88 bits per heavy atom. The third kappa shape index (κ3) is 2.79. The fourth-order valence-corrected chi connectivity index (χ4v) is 7.53. The zero-order valence-corrected chi connectivity index (χ0v) is 15.8. The molecule has 0 aromatic carbocycles. The molecule has 132 valence electrons. The van der Waals surface area contributed by atoms with Crippen LogP contribution in [0.4, 0.5) is 0 Å². The number of rotatable bonds is 4. The van der Waals surface area contributed by atoms with Crippen LogP contribution in [0, 0.1) is 11.3 Å². The number of sulfonamides is 1. The predicted octanol–water partition coefficient (Wildman–Crippen LogP) is 3.02. The van der Waals surface area contributed by atoms with Crippen LogP contribution in [-0.2, 0) is 10.0 Å². The van der Waals surface area contributed by atoms with Crippen LogP contribution in [0.2, 0.25) is 4.34 Å². The fourth-order valence-electron chi connectivity index (χ4n) is 4.65. The molecule has 1 aromatic rings. The van der Waals surface area contributed by atoms with E-state index >= 15 is 0 Å². The molecule has 4 rings (SSSR count). The van der Waals surface area contributed by atoms with Crippen molar-refractivity contribution in [1.29, 1.82) is 0 Å². The highest BCUT2D eigenvalue weighted by Crippen LogP contribution is 2.51. The molecule has 3 unspecified atom stereocenters. The number of thiophene rings is 1. The van der Waals surface area contributed by atoms with Gasteiger partial charge in [-0.15, -0.1) is 11.3 Å². The monoisotopic (exact) mass is 387 g/mol. The smallest absolute Gasteiger partial charge is 0.250 e. The topological polar surface area (TPSA) is 70.6 Å². The Labute approximate surface area is 151 Å². The van der Waals surface area contributed by atoms with E-state index in [1.54, 1.807) is 12.1 Å². The third-order valence-electron chi connectivity index (χ3n) is 5.72. The fraction of sp³-hybridized carbons (Fsp3) is 0.688. The molecule has 3 atom stereocenters. The Bertz CT molecular complexity index is 761. The number of hydrogen-bond donors (Lipinski definition) is 2. The maximum absolute atomic E-state index is 12.9. The number of fused-ring (bicyclic) bond motifs is 2. The van der Waals surface area contributed by atoms with E-state index in [-0.39, 0.29) is 11.5 Å². The Kier molecular flexibility index (Phi) is 4.39. The van der Waals surface area contributed by atoms with Gasteiger partial charge in [-0.2, -0.15) is 0 Å². The lowest BCUT2D eigenvalue weighted by Gasteiger charge is -2.36. The highest BCUT2D eigenvalue weighted by Gasteiger charge is 2.54. The average molecular weight is 388 g/mol. The van der Waals surface area contributed by atoms with Gasteiger partial charge in [-0.25, -0.2) is 13.1 Å². The molecule has 5 nitrogen and oxygen atoms in total. The summed E-state index contributed by atoms with van der Waals surface area (Å²) < 4.78 is 29.6. The predicted molar refractivity (Wildman–Crippen MR) is 97.4 cm³/mol. The minimum Gasteiger partial charge on any atom is -0.371 e. The van der Waals surface area contributed by atoms with Gasteiger partial charge in [0.1, 0.15) is 10.0 Å². The van der Waals surface area contributed by atoms with Gasteiger partial charge in [-0.1, -0.05) is 24.4 Å². The van der Waals surface area contributed by atoms with Gasteiger partial charge in [0.05, 0.1) is 10.9 Å². The van der Waals surface area contributed by atoms with E-state index in [0.717, 1.165) is 62.4 Å². The van der Waals surface area contributed by atoms with Crippen LogP contribution in [0.1, 0.15) is 38.5 Å². The first-order valence-corrected chi connectivity index (χ1v) is 11.3. The highest BCUT2D eigenvalue weighted by molar-refractivity contribution is 7.91. The van der Waals surface area contributed by atoms with Crippen molar-refractivity contribution in [3.8, 4) is 0 Å². The van der Waals surface area contributed by atoms with Crippen molar-refractivity contribution in [2.75, 3.05) is 13.1 Å². The summed E-state index contributed by atoms with van der Waals surface area (Å²) >= 11 is 7.04. The van der Waals surface area contributed by atoms with E-state index in [1.807, 2.05) is 0 Å². The molecule has 2 heterocycles. The molecule has 0 radical (unpaired) electrons. The highest BCUT2D eigenvalue weighted by atomic mass is 35.5. The Hall–Kier alpha value is -0.630. The van der Waals surface area contributed by atoms with Crippen molar-refractivity contribution in [2.45, 2.75) is 48.8 Å². The second kappa shape index (κ2) is 6.27. The Morgan fingerprint density at radius 1 is 1.29 bits per heavy atom. The van der Waals surface area contributed by atoms with E-state index in [0.29, 0.717) is 14.5 Å². The summed E-state index contributed by atoms with van der Waals surface area (Å²) in [6.45, 7) is 1.66. The van der Waals surface area contributed by atoms with Crippen LogP contribution < -0.4 is 10.0 Å². The van der Waals surface area contributed by atoms with Gasteiger partial charge in [0.15, 0.2) is 0 Å². The van der Waals surface area contributed by atoms with Crippen molar-refractivity contribution >= 4 is 38.8 Å². The molecule has 0 spiro atoms. The lowest BCUT2D eigenvalue weighted by molar-refractivity contribution is 0.310. The molecule has 0 saturated heterocycles. The molecule has 8 heteroatoms. The van der Waals surface area contributed by atoms with E-state index in [4.69, 9.17) is 11.6 Å². The lowest BCUT2D eigenvalue weighted by atomic mass is 9.77. The summed E-state index contributed by atoms with van der Waals surface area (Å²) in [5.41, 5.74) is -0.161. The van der Waals surface area contributed by atoms with E-state index in [9.17, 15) is 8.42 Å². The molecule has 0 amide bonds. The lowest BCUT2D eigenvalue weighted by Crippen LogP contribution is -2.53. The molecule has 24 heavy (non-hydrogen) atoms. The molecular weight excluding hydrogens is 366 g/mol. The molecule has 2 N–H and O–H groups in total. The van der Waals surface area contributed by atoms with Crippen LogP contribution in [-0.4, -0.2) is 33.4 Å². The molecule has 2 bridgehead atoms. The van der Waals surface area contributed by atoms with Crippen LogP contribution in [0.3, 0.4) is 0 Å². The first kappa shape index (κ1) is 16.8. The number of halogens is 1. The van der Waals surface area contributed by atoms with Crippen molar-refractivity contribution in [3.05, 3.63) is 16.5 Å². The van der Waals surface area contributed by atoms with E-state index in [2.05, 4.69) is 15.0 Å². The standard InChI is InChI=1S/C16H22ClN3O2S2/c17-12-4-5-13(23-12)24(21,22)20-14-11-3-1-2-7-16(14,8-6-11)15-18-9-10-19-15/h4-5,11,14,20H,1-3,6-10H2,(H,18,19). The summed E-state index contributed by atoms with van der Waals surface area (Å²) in [7, 11) is -3.55. The minimum absolute atomic E-state index is 0.0739. The van der Waals surface area contributed by atoms with Gasteiger partial charge in [-0.05, 0) is 43.7 Å². The zero-order valence-electron chi connectivity index (χ0n) is 13.4. The SMILES string of the molecule is O=S(=O)(NC1C2CCCCC1(C1=NCCN1)CC2)c1ccc(Cl)s1. The van der Waals surface area contributed by atoms with Crippen LogP contribution in [0.15, 0.2) is 21.3 Å². The maximum Gasteiger partial charge on any atom is 0.250 e. The third-order valence-corrected chi connectivity index (χ3v) is 8.88. The number of hydrogen-bond acceptors (Lipinski definition) is 5. The second-order valence-corrected chi connectivity index (χ2v) is 10.7.